The molecule has 2 aromatic heterocycles. The summed E-state index contributed by atoms with van der Waals surface area (Å²) in [7, 11) is -10.6. The van der Waals surface area contributed by atoms with Crippen molar-refractivity contribution in [3.8, 4) is 0 Å². The summed E-state index contributed by atoms with van der Waals surface area (Å²) in [6.07, 6.45) is -5.53. The first kappa shape index (κ1) is 26.6. The molecule has 1 fully saturated rings. The van der Waals surface area contributed by atoms with E-state index in [0.29, 0.717) is 16.7 Å². The fourth-order valence-electron chi connectivity index (χ4n) is 3.79. The lowest BCUT2D eigenvalue weighted by Gasteiger charge is -2.19. The highest BCUT2D eigenvalue weighted by Crippen LogP contribution is 2.57. The molecule has 1 aliphatic heterocycles. The van der Waals surface area contributed by atoms with E-state index < -0.39 is 58.0 Å². The van der Waals surface area contributed by atoms with Gasteiger partial charge in [-0.3, -0.25) is 18.5 Å². The minimum absolute atomic E-state index is 0.276. The lowest BCUT2D eigenvalue weighted by Crippen LogP contribution is -2.43. The summed E-state index contributed by atoms with van der Waals surface area (Å²) < 4.78 is 42.8. The van der Waals surface area contributed by atoms with Gasteiger partial charge < -0.3 is 34.2 Å². The summed E-state index contributed by atoms with van der Waals surface area (Å²) in [5, 5.41) is 25.2. The molecule has 2 unspecified atom stereocenters. The van der Waals surface area contributed by atoms with E-state index >= 15 is 0 Å². The first-order valence-electron chi connectivity index (χ1n) is 10.2. The molecule has 0 radical (unpaired) electrons. The molecule has 1 aliphatic rings. The van der Waals surface area contributed by atoms with Crippen LogP contribution in [0, 0.1) is 6.92 Å². The van der Waals surface area contributed by atoms with Gasteiger partial charge in [-0.2, -0.15) is 4.31 Å². The minimum atomic E-state index is -5.38. The summed E-state index contributed by atoms with van der Waals surface area (Å²) in [6, 6.07) is 6.26. The van der Waals surface area contributed by atoms with Crippen LogP contribution in [0.4, 0.5) is 0 Å². The van der Waals surface area contributed by atoms with Gasteiger partial charge in [0.2, 0.25) is 0 Å². The van der Waals surface area contributed by atoms with Crippen molar-refractivity contribution in [3.05, 3.63) is 62.6 Å². The molecule has 5 atom stereocenters. The largest absolute Gasteiger partial charge is 0.481 e. The summed E-state index contributed by atoms with van der Waals surface area (Å²) in [6.45, 7) is 0.584. The minimum Gasteiger partial charge on any atom is -0.387 e. The van der Waals surface area contributed by atoms with Gasteiger partial charge in [0, 0.05) is 17.6 Å². The van der Waals surface area contributed by atoms with Crippen molar-refractivity contribution in [1.29, 1.82) is 0 Å². The molecule has 1 aromatic carbocycles. The number of hydrogen-bond donors (Lipinski definition) is 5. The van der Waals surface area contributed by atoms with Crippen molar-refractivity contribution in [2.24, 2.45) is 0 Å². The quantitative estimate of drug-likeness (QED) is 0.220. The van der Waals surface area contributed by atoms with E-state index in [1.807, 2.05) is 0 Å². The van der Waals surface area contributed by atoms with Gasteiger partial charge in [-0.25, -0.2) is 13.9 Å². The number of benzene rings is 1. The average molecular weight is 549 g/mol. The lowest BCUT2D eigenvalue weighted by molar-refractivity contribution is -0.0547. The topological polar surface area (TPSA) is 233 Å². The van der Waals surface area contributed by atoms with Crippen molar-refractivity contribution < 1.29 is 52.1 Å². The maximum Gasteiger partial charge on any atom is 0.481 e. The van der Waals surface area contributed by atoms with E-state index in [2.05, 4.69) is 14.0 Å². The van der Waals surface area contributed by atoms with Crippen LogP contribution >= 0.6 is 15.6 Å². The Hall–Kier alpha value is -2.49. The molecule has 0 bridgehead atoms. The maximum atomic E-state index is 13.1. The molecule has 0 amide bonds. The van der Waals surface area contributed by atoms with Gasteiger partial charge in [0.05, 0.1) is 13.2 Å². The summed E-state index contributed by atoms with van der Waals surface area (Å²) in [4.78, 5) is 52.3. The Balaban J connectivity index is 1.58. The molecule has 36 heavy (non-hydrogen) atoms. The van der Waals surface area contributed by atoms with E-state index in [1.165, 1.54) is 0 Å². The van der Waals surface area contributed by atoms with Crippen LogP contribution in [-0.4, -0.2) is 64.1 Å². The van der Waals surface area contributed by atoms with E-state index in [0.717, 1.165) is 27.0 Å². The SMILES string of the molecule is Cc1cccc2onc(Cn3c(=O)ccn([C@@H]4O[C@H](COP(=O)(O)OP(=O)(O)O)[C@H](O)C4O)c3=O)c12. The van der Waals surface area contributed by atoms with Crippen molar-refractivity contribution in [3.63, 3.8) is 0 Å². The number of rotatable bonds is 8. The molecule has 3 heterocycles. The third-order valence-corrected chi connectivity index (χ3v) is 7.56. The molecule has 5 N–H and O–H groups in total. The number of phosphoric acid groups is 2. The zero-order valence-electron chi connectivity index (χ0n) is 18.3. The molecule has 0 saturated carbocycles. The molecule has 18 heteroatoms. The highest BCUT2D eigenvalue weighted by atomic mass is 31.3. The van der Waals surface area contributed by atoms with Crippen LogP contribution in [0.2, 0.25) is 0 Å². The summed E-state index contributed by atoms with van der Waals surface area (Å²) in [5.41, 5.74) is -0.0494. The predicted octanol–water partition coefficient (Wildman–Crippen LogP) is -0.647. The second kappa shape index (κ2) is 9.76. The van der Waals surface area contributed by atoms with Crippen molar-refractivity contribution >= 4 is 26.6 Å². The first-order valence-corrected chi connectivity index (χ1v) is 13.2. The van der Waals surface area contributed by atoms with Crippen LogP contribution in [-0.2, 0) is 29.2 Å². The Labute approximate surface area is 200 Å². The van der Waals surface area contributed by atoms with Crippen LogP contribution in [0.15, 0.2) is 44.6 Å². The van der Waals surface area contributed by atoms with Crippen LogP contribution < -0.4 is 11.2 Å². The molecular weight excluding hydrogens is 528 g/mol. The average Bonchev–Trinajstić information content (AvgIpc) is 3.30. The molecule has 3 aromatic rings. The number of aromatic nitrogens is 3. The molecule has 0 aliphatic carbocycles. The number of aliphatic hydroxyl groups is 2. The van der Waals surface area contributed by atoms with E-state index in [9.17, 15) is 33.8 Å². The standard InChI is InChI=1S/C18H21N3O13P2/c1-9-3-2-4-11-14(9)10(19-33-11)7-21-13(22)5-6-20(18(21)25)17-16(24)15(23)12(32-17)8-31-36(29,30)34-35(26,27)28/h2-6,12,15-17,23-24H,7-8H2,1H3,(H,29,30)(H2,26,27,28)/t12-,15+,16?,17-/m1/s1. The molecule has 1 saturated heterocycles. The summed E-state index contributed by atoms with van der Waals surface area (Å²) in [5.74, 6) is 0. The van der Waals surface area contributed by atoms with Gasteiger partial charge in [-0.1, -0.05) is 17.3 Å². The van der Waals surface area contributed by atoms with E-state index in [-0.39, 0.29) is 6.54 Å². The zero-order chi connectivity index (χ0) is 26.4. The number of ether oxygens (including phenoxy) is 1. The maximum absolute atomic E-state index is 13.1. The van der Waals surface area contributed by atoms with E-state index in [4.69, 9.17) is 19.0 Å². The van der Waals surface area contributed by atoms with Crippen LogP contribution in [0.1, 0.15) is 17.5 Å². The van der Waals surface area contributed by atoms with Crippen LogP contribution in [0.5, 0.6) is 0 Å². The number of phosphoric ester groups is 1. The molecule has 4 rings (SSSR count). The van der Waals surface area contributed by atoms with Gasteiger partial charge in [0.1, 0.15) is 24.0 Å². The smallest absolute Gasteiger partial charge is 0.387 e. The third-order valence-electron chi connectivity index (χ3n) is 5.40. The van der Waals surface area contributed by atoms with Gasteiger partial charge in [-0.05, 0) is 18.6 Å². The second-order valence-corrected chi connectivity index (χ2v) is 10.7. The highest BCUT2D eigenvalue weighted by molar-refractivity contribution is 7.60. The van der Waals surface area contributed by atoms with Crippen LogP contribution in [0.3, 0.4) is 0 Å². The monoisotopic (exact) mass is 549 g/mol. The molecule has 196 valence electrons. The Morgan fingerprint density at radius 2 is 1.83 bits per heavy atom. The first-order chi connectivity index (χ1) is 16.8. The second-order valence-electron chi connectivity index (χ2n) is 7.89. The predicted molar refractivity (Wildman–Crippen MR) is 118 cm³/mol. The number of hydrogen-bond acceptors (Lipinski definition) is 11. The number of nitrogens with zero attached hydrogens (tertiary/aromatic N) is 3. The lowest BCUT2D eigenvalue weighted by atomic mass is 10.1. The van der Waals surface area contributed by atoms with Crippen molar-refractivity contribution in [1.82, 2.24) is 14.3 Å². The van der Waals surface area contributed by atoms with Gasteiger partial charge in [-0.15, -0.1) is 0 Å². The Morgan fingerprint density at radius 3 is 2.53 bits per heavy atom. The number of aliphatic hydroxyl groups excluding tert-OH is 2. The van der Waals surface area contributed by atoms with Crippen LogP contribution in [0.25, 0.3) is 11.0 Å². The fourth-order valence-corrected chi connectivity index (χ4v) is 5.39. The van der Waals surface area contributed by atoms with Gasteiger partial charge in [0.15, 0.2) is 11.8 Å². The Bertz CT molecular complexity index is 1490. The van der Waals surface area contributed by atoms with Gasteiger partial charge >= 0.3 is 21.3 Å². The van der Waals surface area contributed by atoms with Crippen molar-refractivity contribution in [2.75, 3.05) is 6.61 Å². The van der Waals surface area contributed by atoms with Gasteiger partial charge in [0.25, 0.3) is 5.56 Å². The highest BCUT2D eigenvalue weighted by Gasteiger charge is 2.46. The third kappa shape index (κ3) is 5.43. The number of aryl methyl sites for hydroxylation is 1. The number of fused-ring (bicyclic) bond motifs is 1. The Morgan fingerprint density at radius 1 is 1.11 bits per heavy atom. The molecular formula is C18H21N3O13P2. The fraction of sp³-hybridized carbons (Fsp3) is 0.389. The molecule has 16 nitrogen and oxygen atoms in total. The molecule has 0 spiro atoms. The Kier molecular flexibility index (Phi) is 7.20. The zero-order valence-corrected chi connectivity index (χ0v) is 20.1. The van der Waals surface area contributed by atoms with Crippen molar-refractivity contribution in [2.45, 2.75) is 38.0 Å². The van der Waals surface area contributed by atoms with E-state index in [1.54, 1.807) is 25.1 Å². The normalized spacial score (nSPS) is 24.3. The summed E-state index contributed by atoms with van der Waals surface area (Å²) >= 11 is 0.